The van der Waals surface area contributed by atoms with Crippen LogP contribution in [0.25, 0.3) is 0 Å². The molecule has 0 amide bonds. The van der Waals surface area contributed by atoms with Crippen LogP contribution in [0.1, 0.15) is 46.5 Å². The second kappa shape index (κ2) is 4.94. The van der Waals surface area contributed by atoms with Crippen molar-refractivity contribution < 1.29 is 13.2 Å². The van der Waals surface area contributed by atoms with Crippen molar-refractivity contribution in [3.63, 3.8) is 0 Å². The summed E-state index contributed by atoms with van der Waals surface area (Å²) < 4.78 is 36.6. The molecule has 0 heterocycles. The van der Waals surface area contributed by atoms with Gasteiger partial charge in [-0.1, -0.05) is 20.8 Å². The fourth-order valence-electron chi connectivity index (χ4n) is 2.29. The quantitative estimate of drug-likeness (QED) is 0.742. The lowest BCUT2D eigenvalue weighted by atomic mass is 9.99. The van der Waals surface area contributed by atoms with E-state index in [1.807, 2.05) is 6.92 Å². The smallest absolute Gasteiger partial charge is 0.314 e. The van der Waals surface area contributed by atoms with E-state index in [4.69, 9.17) is 0 Å². The molecule has 1 saturated carbocycles. The molecule has 0 bridgehead atoms. The second-order valence-electron chi connectivity index (χ2n) is 5.51. The van der Waals surface area contributed by atoms with E-state index < -0.39 is 12.6 Å². The van der Waals surface area contributed by atoms with E-state index in [0.29, 0.717) is 5.92 Å². The van der Waals surface area contributed by atoms with Gasteiger partial charge in [0.05, 0.1) is 0 Å². The van der Waals surface area contributed by atoms with Gasteiger partial charge in [0.2, 0.25) is 0 Å². The highest BCUT2D eigenvalue weighted by Gasteiger charge is 2.50. The Balaban J connectivity index is 2.40. The predicted octanol–water partition coefficient (Wildman–Crippen LogP) is 3.74. The van der Waals surface area contributed by atoms with Crippen molar-refractivity contribution in [3.05, 3.63) is 0 Å². The lowest BCUT2D eigenvalue weighted by molar-refractivity contribution is -0.137. The summed E-state index contributed by atoms with van der Waals surface area (Å²) in [6.07, 6.45) is -2.45. The zero-order valence-corrected chi connectivity index (χ0v) is 10.3. The Morgan fingerprint density at radius 3 is 2.31 bits per heavy atom. The van der Waals surface area contributed by atoms with Gasteiger partial charge in [-0.15, -0.1) is 0 Å². The molecule has 1 rings (SSSR count). The lowest BCUT2D eigenvalue weighted by Gasteiger charge is -2.21. The molecular weight excluding hydrogens is 215 g/mol. The monoisotopic (exact) mass is 237 g/mol. The summed E-state index contributed by atoms with van der Waals surface area (Å²) in [5, 5.41) is 3.26. The summed E-state index contributed by atoms with van der Waals surface area (Å²) in [6, 6.07) is 0.0385. The van der Waals surface area contributed by atoms with Crippen LogP contribution in [0.3, 0.4) is 0 Å². The van der Waals surface area contributed by atoms with Gasteiger partial charge < -0.3 is 5.32 Å². The average molecular weight is 237 g/mol. The van der Waals surface area contributed by atoms with Crippen LogP contribution < -0.4 is 5.32 Å². The Morgan fingerprint density at radius 2 is 1.94 bits per heavy atom. The lowest BCUT2D eigenvalue weighted by Crippen LogP contribution is -2.34. The van der Waals surface area contributed by atoms with E-state index in [-0.39, 0.29) is 17.9 Å². The molecule has 0 aromatic carbocycles. The van der Waals surface area contributed by atoms with Gasteiger partial charge in [0, 0.05) is 12.5 Å². The van der Waals surface area contributed by atoms with Gasteiger partial charge in [0.15, 0.2) is 0 Å². The van der Waals surface area contributed by atoms with Crippen molar-refractivity contribution in [2.75, 3.05) is 6.54 Å². The van der Waals surface area contributed by atoms with Crippen molar-refractivity contribution in [2.24, 2.45) is 11.3 Å². The maximum absolute atomic E-state index is 12.2. The van der Waals surface area contributed by atoms with Crippen LogP contribution in [-0.4, -0.2) is 18.8 Å². The zero-order chi connectivity index (χ0) is 12.4. The van der Waals surface area contributed by atoms with E-state index in [2.05, 4.69) is 19.2 Å². The first kappa shape index (κ1) is 13.8. The number of hydrogen-bond donors (Lipinski definition) is 1. The maximum Gasteiger partial charge on any atom is 0.389 e. The number of alkyl halides is 3. The normalized spacial score (nSPS) is 25.5. The van der Waals surface area contributed by atoms with Crippen LogP contribution in [0.15, 0.2) is 0 Å². The topological polar surface area (TPSA) is 12.0 Å². The predicted molar refractivity (Wildman–Crippen MR) is 59.3 cm³/mol. The van der Waals surface area contributed by atoms with E-state index in [1.165, 1.54) is 0 Å². The second-order valence-corrected chi connectivity index (χ2v) is 5.51. The summed E-state index contributed by atoms with van der Waals surface area (Å²) in [7, 11) is 0. The van der Waals surface area contributed by atoms with E-state index in [9.17, 15) is 13.2 Å². The van der Waals surface area contributed by atoms with Gasteiger partial charge in [0.25, 0.3) is 0 Å². The molecule has 0 aliphatic heterocycles. The Labute approximate surface area is 95.8 Å². The molecule has 0 aromatic heterocycles. The Hall–Kier alpha value is -0.250. The average Bonchev–Trinajstić information content (AvgIpc) is 2.73. The molecule has 16 heavy (non-hydrogen) atoms. The largest absolute Gasteiger partial charge is 0.389 e. The fraction of sp³-hybridized carbons (Fsp3) is 1.00. The minimum atomic E-state index is -4.02. The van der Waals surface area contributed by atoms with Gasteiger partial charge >= 0.3 is 6.18 Å². The molecule has 96 valence electrons. The molecule has 1 aliphatic rings. The molecular formula is C12H22F3N. The van der Waals surface area contributed by atoms with Crippen LogP contribution in [0, 0.1) is 11.3 Å². The number of nitrogens with one attached hydrogen (secondary N) is 1. The third kappa shape index (κ3) is 4.32. The van der Waals surface area contributed by atoms with Crippen molar-refractivity contribution in [2.45, 2.75) is 58.7 Å². The molecule has 0 saturated heterocycles. The molecule has 2 unspecified atom stereocenters. The molecule has 0 aromatic rings. The van der Waals surface area contributed by atoms with Crippen LogP contribution >= 0.6 is 0 Å². The van der Waals surface area contributed by atoms with Crippen LogP contribution in [0.4, 0.5) is 13.2 Å². The molecule has 1 N–H and O–H groups in total. The Morgan fingerprint density at radius 1 is 1.38 bits per heavy atom. The summed E-state index contributed by atoms with van der Waals surface area (Å²) in [6.45, 7) is 7.11. The zero-order valence-electron chi connectivity index (χ0n) is 10.3. The van der Waals surface area contributed by atoms with E-state index >= 15 is 0 Å². The summed E-state index contributed by atoms with van der Waals surface area (Å²) in [4.78, 5) is 0. The third-order valence-corrected chi connectivity index (χ3v) is 3.47. The molecule has 1 nitrogen and oxygen atoms in total. The number of halogens is 3. The minimum absolute atomic E-state index is 0.0385. The molecule has 2 atom stereocenters. The molecule has 0 spiro atoms. The SMILES string of the molecule is CCCNC(CCC(F)(F)F)C1CC1(C)C. The number of hydrogen-bond acceptors (Lipinski definition) is 1. The summed E-state index contributed by atoms with van der Waals surface area (Å²) in [5.74, 6) is 0.418. The van der Waals surface area contributed by atoms with Crippen LogP contribution in [-0.2, 0) is 0 Å². The molecule has 1 fully saturated rings. The minimum Gasteiger partial charge on any atom is -0.314 e. The maximum atomic E-state index is 12.2. The first-order valence-electron chi connectivity index (χ1n) is 6.06. The standard InChI is InChI=1S/C12H22F3N/c1-4-7-16-10(5-6-12(13,14)15)9-8-11(9,2)3/h9-10,16H,4-8H2,1-3H3. The number of rotatable bonds is 6. The van der Waals surface area contributed by atoms with Crippen molar-refractivity contribution >= 4 is 0 Å². The third-order valence-electron chi connectivity index (χ3n) is 3.47. The Bertz CT molecular complexity index is 223. The van der Waals surface area contributed by atoms with Crippen molar-refractivity contribution in [1.29, 1.82) is 0 Å². The first-order valence-corrected chi connectivity index (χ1v) is 6.06. The highest BCUT2D eigenvalue weighted by molar-refractivity contribution is 5.01. The van der Waals surface area contributed by atoms with Gasteiger partial charge in [-0.2, -0.15) is 13.2 Å². The molecule has 0 radical (unpaired) electrons. The van der Waals surface area contributed by atoms with Crippen LogP contribution in [0.5, 0.6) is 0 Å². The van der Waals surface area contributed by atoms with Crippen molar-refractivity contribution in [3.8, 4) is 0 Å². The van der Waals surface area contributed by atoms with Gasteiger partial charge in [-0.3, -0.25) is 0 Å². The van der Waals surface area contributed by atoms with Crippen molar-refractivity contribution in [1.82, 2.24) is 5.32 Å². The summed E-state index contributed by atoms with van der Waals surface area (Å²) >= 11 is 0. The fourth-order valence-corrected chi connectivity index (χ4v) is 2.29. The van der Waals surface area contributed by atoms with Gasteiger partial charge in [-0.25, -0.2) is 0 Å². The van der Waals surface area contributed by atoms with E-state index in [0.717, 1.165) is 19.4 Å². The Kier molecular flexibility index (Phi) is 4.27. The van der Waals surface area contributed by atoms with Gasteiger partial charge in [-0.05, 0) is 37.1 Å². The highest BCUT2D eigenvalue weighted by Crippen LogP contribution is 2.54. The molecule has 1 aliphatic carbocycles. The molecule has 4 heteroatoms. The highest BCUT2D eigenvalue weighted by atomic mass is 19.4. The van der Waals surface area contributed by atoms with Crippen LogP contribution in [0.2, 0.25) is 0 Å². The first-order chi connectivity index (χ1) is 7.26. The summed E-state index contributed by atoms with van der Waals surface area (Å²) in [5.41, 5.74) is 0.233. The van der Waals surface area contributed by atoms with Gasteiger partial charge in [0.1, 0.15) is 0 Å². The van der Waals surface area contributed by atoms with E-state index in [1.54, 1.807) is 0 Å².